The fraction of sp³-hybridized carbons (Fsp3) is 0.500. The van der Waals surface area contributed by atoms with Crippen molar-refractivity contribution < 1.29 is 14.6 Å². The third-order valence-corrected chi connectivity index (χ3v) is 7.14. The van der Waals surface area contributed by atoms with E-state index in [0.717, 1.165) is 48.0 Å². The Morgan fingerprint density at radius 2 is 2.21 bits per heavy atom. The molecule has 2 aromatic heterocycles. The molecule has 2 fully saturated rings. The largest absolute Gasteiger partial charge is 0.494 e. The minimum atomic E-state index is -0.139. The molecule has 8 nitrogen and oxygen atoms in total. The molecule has 1 aliphatic carbocycles. The molecular formula is C26H33N5O3. The second-order valence-corrected chi connectivity index (χ2v) is 9.82. The third kappa shape index (κ3) is 4.22. The Hall–Kier alpha value is -3.13. The van der Waals surface area contributed by atoms with Crippen LogP contribution in [0, 0.1) is 0 Å². The summed E-state index contributed by atoms with van der Waals surface area (Å²) in [5.41, 5.74) is 3.48. The summed E-state index contributed by atoms with van der Waals surface area (Å²) >= 11 is 0. The maximum atomic E-state index is 12.9. The van der Waals surface area contributed by atoms with E-state index in [4.69, 9.17) is 9.73 Å². The van der Waals surface area contributed by atoms with Crippen molar-refractivity contribution in [2.75, 3.05) is 6.54 Å². The SMILES string of the molecule is CCC(=Nc1cnn(C(C)C)c1)c1c(O)[nH]c2ccc(C(=O)NCC3CCC4(CCC4)O3)cc12. The van der Waals surface area contributed by atoms with Crippen LogP contribution in [-0.2, 0) is 4.74 Å². The zero-order valence-electron chi connectivity index (χ0n) is 20.1. The predicted octanol–water partition coefficient (Wildman–Crippen LogP) is 5.01. The molecule has 3 N–H and O–H groups in total. The van der Waals surface area contributed by atoms with Gasteiger partial charge in [-0.25, -0.2) is 4.99 Å². The van der Waals surface area contributed by atoms with Gasteiger partial charge in [-0.15, -0.1) is 0 Å². The first kappa shape index (κ1) is 22.7. The maximum Gasteiger partial charge on any atom is 0.251 e. The number of hydrogen-bond acceptors (Lipinski definition) is 5. The van der Waals surface area contributed by atoms with Crippen molar-refractivity contribution in [3.8, 4) is 5.88 Å². The number of aromatic nitrogens is 3. The number of aliphatic imine (C=N–C) groups is 1. The van der Waals surface area contributed by atoms with Crippen LogP contribution >= 0.6 is 0 Å². The standard InChI is InChI=1S/C26H33N5O3/c1-4-21(29-18-13-28-31(15-18)16(2)3)23-20-12-17(6-7-22(20)30-25(23)33)24(32)27-14-19-8-11-26(34-19)9-5-10-26/h6-7,12-13,15-16,19,30,33H,4-5,8-11,14H2,1-3H3,(H,27,32). The Morgan fingerprint density at radius 3 is 2.85 bits per heavy atom. The first-order chi connectivity index (χ1) is 16.4. The summed E-state index contributed by atoms with van der Waals surface area (Å²) in [5, 5.41) is 18.8. The lowest BCUT2D eigenvalue weighted by Crippen LogP contribution is -2.39. The van der Waals surface area contributed by atoms with Gasteiger partial charge in [0.15, 0.2) is 5.88 Å². The van der Waals surface area contributed by atoms with E-state index in [-0.39, 0.29) is 29.5 Å². The minimum Gasteiger partial charge on any atom is -0.494 e. The van der Waals surface area contributed by atoms with E-state index in [1.54, 1.807) is 12.3 Å². The number of carbonyl (C=O) groups excluding carboxylic acids is 1. The van der Waals surface area contributed by atoms with Crippen molar-refractivity contribution in [2.24, 2.45) is 4.99 Å². The van der Waals surface area contributed by atoms with Crippen molar-refractivity contribution in [1.29, 1.82) is 0 Å². The van der Waals surface area contributed by atoms with Crippen molar-refractivity contribution in [3.05, 3.63) is 41.7 Å². The van der Waals surface area contributed by atoms with Gasteiger partial charge in [-0.1, -0.05) is 6.92 Å². The van der Waals surface area contributed by atoms with E-state index in [0.29, 0.717) is 24.1 Å². The van der Waals surface area contributed by atoms with Gasteiger partial charge in [-0.2, -0.15) is 5.10 Å². The van der Waals surface area contributed by atoms with Crippen LogP contribution in [-0.4, -0.2) is 49.7 Å². The van der Waals surface area contributed by atoms with Gasteiger partial charge in [-0.3, -0.25) is 9.48 Å². The summed E-state index contributed by atoms with van der Waals surface area (Å²) in [6, 6.07) is 5.66. The van der Waals surface area contributed by atoms with E-state index in [9.17, 15) is 9.90 Å². The van der Waals surface area contributed by atoms with Crippen LogP contribution in [0.15, 0.2) is 35.6 Å². The molecular weight excluding hydrogens is 430 g/mol. The van der Waals surface area contributed by atoms with Gasteiger partial charge in [0.1, 0.15) is 5.69 Å². The fourth-order valence-corrected chi connectivity index (χ4v) is 5.03. The first-order valence-electron chi connectivity index (χ1n) is 12.3. The molecule has 0 bridgehead atoms. The molecule has 8 heteroatoms. The molecule has 1 aliphatic heterocycles. The molecule has 34 heavy (non-hydrogen) atoms. The smallest absolute Gasteiger partial charge is 0.251 e. The highest BCUT2D eigenvalue weighted by molar-refractivity contribution is 6.14. The average molecular weight is 464 g/mol. The van der Waals surface area contributed by atoms with Gasteiger partial charge in [0, 0.05) is 29.1 Å². The van der Waals surface area contributed by atoms with E-state index in [1.807, 2.05) is 29.9 Å². The van der Waals surface area contributed by atoms with E-state index in [2.05, 4.69) is 29.2 Å². The number of carbonyl (C=O) groups is 1. The van der Waals surface area contributed by atoms with E-state index < -0.39 is 0 Å². The Balaban J connectivity index is 1.37. The van der Waals surface area contributed by atoms with Crippen molar-refractivity contribution in [2.45, 2.75) is 77.0 Å². The number of amides is 1. The first-order valence-corrected chi connectivity index (χ1v) is 12.3. The maximum absolute atomic E-state index is 12.9. The van der Waals surface area contributed by atoms with E-state index >= 15 is 0 Å². The van der Waals surface area contributed by atoms with Gasteiger partial charge in [0.2, 0.25) is 0 Å². The number of fused-ring (bicyclic) bond motifs is 1. The highest BCUT2D eigenvalue weighted by Gasteiger charge is 2.44. The average Bonchev–Trinajstić information content (AvgIpc) is 3.52. The fourth-order valence-electron chi connectivity index (χ4n) is 5.03. The van der Waals surface area contributed by atoms with Gasteiger partial charge in [0.25, 0.3) is 5.91 Å². The number of H-pyrrole nitrogens is 1. The number of nitrogens with one attached hydrogen (secondary N) is 2. The Kier molecular flexibility index (Phi) is 5.93. The number of ether oxygens (including phenoxy) is 1. The Morgan fingerprint density at radius 1 is 1.38 bits per heavy atom. The van der Waals surface area contributed by atoms with Crippen LogP contribution < -0.4 is 5.32 Å². The molecule has 1 atom stereocenters. The molecule has 1 saturated heterocycles. The summed E-state index contributed by atoms with van der Waals surface area (Å²) in [6.45, 7) is 6.63. The van der Waals surface area contributed by atoms with Crippen LogP contribution in [0.2, 0.25) is 0 Å². The molecule has 3 heterocycles. The molecule has 0 radical (unpaired) electrons. The van der Waals surface area contributed by atoms with E-state index in [1.165, 1.54) is 6.42 Å². The number of rotatable bonds is 7. The molecule has 1 saturated carbocycles. The predicted molar refractivity (Wildman–Crippen MR) is 132 cm³/mol. The van der Waals surface area contributed by atoms with Crippen LogP contribution in [0.3, 0.4) is 0 Å². The Bertz CT molecular complexity index is 1230. The Labute approximate surface area is 199 Å². The topological polar surface area (TPSA) is 105 Å². The van der Waals surface area contributed by atoms with Crippen LogP contribution in [0.4, 0.5) is 5.69 Å². The number of aromatic hydroxyl groups is 1. The highest BCUT2D eigenvalue weighted by atomic mass is 16.5. The second-order valence-electron chi connectivity index (χ2n) is 9.82. The van der Waals surface area contributed by atoms with Crippen LogP contribution in [0.5, 0.6) is 5.88 Å². The number of hydrogen-bond donors (Lipinski definition) is 3. The molecule has 1 aromatic carbocycles. The van der Waals surface area contributed by atoms with Crippen LogP contribution in [0.1, 0.15) is 81.3 Å². The number of nitrogens with zero attached hydrogens (tertiary/aromatic N) is 3. The zero-order chi connectivity index (χ0) is 23.9. The molecule has 1 spiro atoms. The van der Waals surface area contributed by atoms with Crippen LogP contribution in [0.25, 0.3) is 10.9 Å². The van der Waals surface area contributed by atoms with Gasteiger partial charge in [-0.05, 0) is 70.6 Å². The minimum absolute atomic E-state index is 0.0505. The van der Waals surface area contributed by atoms with Crippen molar-refractivity contribution >= 4 is 28.2 Å². The van der Waals surface area contributed by atoms with Gasteiger partial charge >= 0.3 is 0 Å². The van der Waals surface area contributed by atoms with Crippen molar-refractivity contribution in [3.63, 3.8) is 0 Å². The molecule has 180 valence electrons. The second kappa shape index (κ2) is 8.91. The molecule has 3 aromatic rings. The van der Waals surface area contributed by atoms with Gasteiger partial charge in [0.05, 0.1) is 35.4 Å². The lowest BCUT2D eigenvalue weighted by Gasteiger charge is -2.37. The molecule has 2 aliphatic rings. The third-order valence-electron chi connectivity index (χ3n) is 7.14. The molecule has 5 rings (SSSR count). The monoisotopic (exact) mass is 463 g/mol. The molecule has 1 unspecified atom stereocenters. The summed E-state index contributed by atoms with van der Waals surface area (Å²) in [5.74, 6) is -0.0885. The highest BCUT2D eigenvalue weighted by Crippen LogP contribution is 2.45. The summed E-state index contributed by atoms with van der Waals surface area (Å²) in [6.07, 6.45) is 9.95. The normalized spacial score (nSPS) is 19.8. The van der Waals surface area contributed by atoms with Crippen molar-refractivity contribution in [1.82, 2.24) is 20.1 Å². The zero-order valence-corrected chi connectivity index (χ0v) is 20.1. The number of aromatic amines is 1. The van der Waals surface area contributed by atoms with Gasteiger partial charge < -0.3 is 20.1 Å². The lowest BCUT2D eigenvalue weighted by molar-refractivity contribution is -0.0891. The summed E-state index contributed by atoms with van der Waals surface area (Å²) < 4.78 is 8.06. The quantitative estimate of drug-likeness (QED) is 0.428. The number of benzene rings is 1. The summed E-state index contributed by atoms with van der Waals surface area (Å²) in [4.78, 5) is 20.7. The molecule has 1 amide bonds. The lowest BCUT2D eigenvalue weighted by atomic mass is 9.78. The summed E-state index contributed by atoms with van der Waals surface area (Å²) in [7, 11) is 0.